The summed E-state index contributed by atoms with van der Waals surface area (Å²) >= 11 is 7.34. The quantitative estimate of drug-likeness (QED) is 0.782. The number of aromatic nitrogens is 1. The van der Waals surface area contributed by atoms with Crippen LogP contribution < -0.4 is 0 Å². The molecule has 1 aromatic carbocycles. The molecule has 0 bridgehead atoms. The lowest BCUT2D eigenvalue weighted by atomic mass is 10.1. The van der Waals surface area contributed by atoms with E-state index in [1.807, 2.05) is 31.2 Å². The summed E-state index contributed by atoms with van der Waals surface area (Å²) in [5.41, 5.74) is 2.06. The van der Waals surface area contributed by atoms with Gasteiger partial charge in [-0.05, 0) is 24.6 Å². The highest BCUT2D eigenvalue weighted by molar-refractivity contribution is 7.13. The topological polar surface area (TPSA) is 30.0 Å². The van der Waals surface area contributed by atoms with Crippen LogP contribution >= 0.6 is 22.9 Å². The first-order valence-corrected chi connectivity index (χ1v) is 6.04. The average molecular weight is 252 g/mol. The molecule has 0 fully saturated rings. The largest absolute Gasteiger partial charge is 0.295 e. The molecule has 0 aliphatic rings. The summed E-state index contributed by atoms with van der Waals surface area (Å²) in [6.07, 6.45) is 1.51. The molecule has 0 amide bonds. The second-order valence-corrected chi connectivity index (χ2v) is 5.15. The molecule has 1 heterocycles. The van der Waals surface area contributed by atoms with Crippen molar-refractivity contribution in [1.29, 1.82) is 0 Å². The van der Waals surface area contributed by atoms with Crippen molar-refractivity contribution in [3.8, 4) is 0 Å². The highest BCUT2D eigenvalue weighted by atomic mass is 35.5. The van der Waals surface area contributed by atoms with Gasteiger partial charge in [-0.1, -0.05) is 23.7 Å². The van der Waals surface area contributed by atoms with E-state index in [0.717, 1.165) is 33.9 Å². The molecule has 2 rings (SSSR count). The van der Waals surface area contributed by atoms with Crippen molar-refractivity contribution in [2.45, 2.75) is 13.3 Å². The average Bonchev–Trinajstić information content (AvgIpc) is 2.60. The molecule has 0 aliphatic heterocycles. The molecule has 0 saturated heterocycles. The Kier molecular flexibility index (Phi) is 3.36. The summed E-state index contributed by atoms with van der Waals surface area (Å²) in [4.78, 5) is 16.0. The van der Waals surface area contributed by atoms with Gasteiger partial charge in [-0.2, -0.15) is 0 Å². The molecule has 2 aromatic rings. The minimum Gasteiger partial charge on any atom is -0.295 e. The van der Waals surface area contributed by atoms with E-state index in [-0.39, 0.29) is 0 Å². The van der Waals surface area contributed by atoms with Gasteiger partial charge in [0.25, 0.3) is 0 Å². The van der Waals surface area contributed by atoms with Crippen LogP contribution in [0.5, 0.6) is 0 Å². The molecule has 0 saturated carbocycles. The molecule has 0 unspecified atom stereocenters. The van der Waals surface area contributed by atoms with Gasteiger partial charge in [-0.25, -0.2) is 4.98 Å². The number of aryl methyl sites for hydroxylation is 1. The second-order valence-electron chi connectivity index (χ2n) is 3.48. The molecule has 16 heavy (non-hydrogen) atoms. The lowest BCUT2D eigenvalue weighted by molar-refractivity contribution is 0.112. The molecule has 0 atom stereocenters. The van der Waals surface area contributed by atoms with Crippen molar-refractivity contribution in [2.75, 3.05) is 0 Å². The molecule has 2 nitrogen and oxygen atoms in total. The van der Waals surface area contributed by atoms with Gasteiger partial charge in [0.05, 0.1) is 5.69 Å². The second kappa shape index (κ2) is 4.76. The first-order valence-electron chi connectivity index (χ1n) is 4.85. The van der Waals surface area contributed by atoms with E-state index < -0.39 is 0 Å². The molecular weight excluding hydrogens is 242 g/mol. The van der Waals surface area contributed by atoms with Crippen molar-refractivity contribution >= 4 is 29.2 Å². The fourth-order valence-electron chi connectivity index (χ4n) is 1.51. The van der Waals surface area contributed by atoms with E-state index in [4.69, 9.17) is 11.6 Å². The molecule has 0 spiro atoms. The fourth-order valence-corrected chi connectivity index (χ4v) is 2.47. The van der Waals surface area contributed by atoms with Gasteiger partial charge in [0.1, 0.15) is 0 Å². The lowest BCUT2D eigenvalue weighted by Gasteiger charge is -1.99. The van der Waals surface area contributed by atoms with E-state index in [0.29, 0.717) is 5.01 Å². The number of hydrogen-bond acceptors (Lipinski definition) is 3. The third kappa shape index (κ3) is 2.49. The smallest absolute Gasteiger partial charge is 0.178 e. The van der Waals surface area contributed by atoms with Crippen LogP contribution in [0.1, 0.15) is 25.9 Å². The maximum absolute atomic E-state index is 10.6. The summed E-state index contributed by atoms with van der Waals surface area (Å²) in [6.45, 7) is 1.98. The monoisotopic (exact) mass is 251 g/mol. The highest BCUT2D eigenvalue weighted by Gasteiger charge is 2.07. The van der Waals surface area contributed by atoms with Crippen molar-refractivity contribution in [3.05, 3.63) is 50.4 Å². The van der Waals surface area contributed by atoms with Gasteiger partial charge in [0.2, 0.25) is 0 Å². The van der Waals surface area contributed by atoms with Crippen molar-refractivity contribution in [1.82, 2.24) is 4.98 Å². The summed E-state index contributed by atoms with van der Waals surface area (Å²) in [6, 6.07) is 7.68. The van der Waals surface area contributed by atoms with Crippen LogP contribution in [0.15, 0.2) is 24.3 Å². The van der Waals surface area contributed by atoms with Gasteiger partial charge in [0, 0.05) is 16.3 Å². The van der Waals surface area contributed by atoms with Gasteiger partial charge in [0.15, 0.2) is 11.3 Å². The number of benzene rings is 1. The number of carbonyl (C=O) groups excluding carboxylic acids is 1. The van der Waals surface area contributed by atoms with E-state index in [1.165, 1.54) is 11.3 Å². The highest BCUT2D eigenvalue weighted by Crippen LogP contribution is 2.20. The minimum absolute atomic E-state index is 0.537. The maximum atomic E-state index is 10.6. The zero-order chi connectivity index (χ0) is 11.5. The third-order valence-electron chi connectivity index (χ3n) is 2.27. The number of thiazole rings is 1. The molecule has 82 valence electrons. The van der Waals surface area contributed by atoms with Crippen LogP contribution in [-0.4, -0.2) is 11.3 Å². The Balaban J connectivity index is 2.26. The number of hydrogen-bond donors (Lipinski definition) is 0. The van der Waals surface area contributed by atoms with Crippen LogP contribution in [-0.2, 0) is 6.42 Å². The zero-order valence-corrected chi connectivity index (χ0v) is 10.3. The molecule has 0 aliphatic carbocycles. The Morgan fingerprint density at radius 3 is 2.94 bits per heavy atom. The van der Waals surface area contributed by atoms with Gasteiger partial charge < -0.3 is 0 Å². The molecule has 4 heteroatoms. The van der Waals surface area contributed by atoms with Crippen LogP contribution in [0.2, 0.25) is 5.02 Å². The Morgan fingerprint density at radius 1 is 1.50 bits per heavy atom. The van der Waals surface area contributed by atoms with Gasteiger partial charge in [-0.15, -0.1) is 11.3 Å². The SMILES string of the molecule is Cc1sc(C=O)nc1Cc1cccc(Cl)c1. The normalized spacial score (nSPS) is 10.4. The Hall–Kier alpha value is -1.19. The predicted molar refractivity (Wildman–Crippen MR) is 66.5 cm³/mol. The summed E-state index contributed by atoms with van der Waals surface area (Å²) in [5, 5.41) is 1.26. The maximum Gasteiger partial charge on any atom is 0.178 e. The van der Waals surface area contributed by atoms with Gasteiger partial charge in [-0.3, -0.25) is 4.79 Å². The minimum atomic E-state index is 0.537. The van der Waals surface area contributed by atoms with E-state index in [1.54, 1.807) is 0 Å². The Labute approximate surface area is 103 Å². The van der Waals surface area contributed by atoms with Crippen LogP contribution in [0, 0.1) is 6.92 Å². The standard InChI is InChI=1S/C12H10ClNOS/c1-8-11(14-12(7-15)16-8)6-9-3-2-4-10(13)5-9/h2-5,7H,6H2,1H3. The molecule has 0 N–H and O–H groups in total. The number of rotatable bonds is 3. The number of nitrogens with zero attached hydrogens (tertiary/aromatic N) is 1. The van der Waals surface area contributed by atoms with Crippen LogP contribution in [0.3, 0.4) is 0 Å². The van der Waals surface area contributed by atoms with E-state index in [9.17, 15) is 4.79 Å². The number of aldehydes is 1. The molecule has 0 radical (unpaired) electrons. The molecule has 1 aromatic heterocycles. The molecular formula is C12H10ClNOS. The fraction of sp³-hybridized carbons (Fsp3) is 0.167. The zero-order valence-electron chi connectivity index (χ0n) is 8.74. The number of carbonyl (C=O) groups is 1. The summed E-state index contributed by atoms with van der Waals surface area (Å²) in [5.74, 6) is 0. The summed E-state index contributed by atoms with van der Waals surface area (Å²) in [7, 11) is 0. The first kappa shape index (κ1) is 11.3. The van der Waals surface area contributed by atoms with Gasteiger partial charge >= 0.3 is 0 Å². The first-order chi connectivity index (χ1) is 7.69. The summed E-state index contributed by atoms with van der Waals surface area (Å²) < 4.78 is 0. The Bertz CT molecular complexity index is 521. The van der Waals surface area contributed by atoms with E-state index >= 15 is 0 Å². The number of halogens is 1. The predicted octanol–water partition coefficient (Wildman–Crippen LogP) is 3.51. The lowest BCUT2D eigenvalue weighted by Crippen LogP contribution is -1.91. The van der Waals surface area contributed by atoms with Crippen LogP contribution in [0.25, 0.3) is 0 Å². The van der Waals surface area contributed by atoms with E-state index in [2.05, 4.69) is 4.98 Å². The Morgan fingerprint density at radius 2 is 2.31 bits per heavy atom. The van der Waals surface area contributed by atoms with Crippen molar-refractivity contribution in [2.24, 2.45) is 0 Å². The van der Waals surface area contributed by atoms with Crippen molar-refractivity contribution < 1.29 is 4.79 Å². The van der Waals surface area contributed by atoms with Crippen molar-refractivity contribution in [3.63, 3.8) is 0 Å². The van der Waals surface area contributed by atoms with Crippen LogP contribution in [0.4, 0.5) is 0 Å². The third-order valence-corrected chi connectivity index (χ3v) is 3.44.